The fourth-order valence-corrected chi connectivity index (χ4v) is 4.65. The fourth-order valence-electron chi connectivity index (χ4n) is 3.83. The van der Waals surface area contributed by atoms with Gasteiger partial charge in [-0.15, -0.1) is 11.3 Å². The quantitative estimate of drug-likeness (QED) is 0.544. The van der Waals surface area contributed by atoms with Crippen molar-refractivity contribution in [2.45, 2.75) is 12.3 Å². The Bertz CT molecular complexity index is 1170. The number of rotatable bonds is 4. The van der Waals surface area contributed by atoms with E-state index < -0.39 is 5.72 Å². The summed E-state index contributed by atoms with van der Waals surface area (Å²) in [6.07, 6.45) is 0. The molecule has 1 aromatic heterocycles. The summed E-state index contributed by atoms with van der Waals surface area (Å²) in [7, 11) is 0. The molecule has 1 aliphatic heterocycles. The van der Waals surface area contributed by atoms with Gasteiger partial charge in [0, 0.05) is 27.6 Å². The maximum Gasteiger partial charge on any atom is 0.257 e. The van der Waals surface area contributed by atoms with Crippen LogP contribution in [0.2, 0.25) is 0 Å². The van der Waals surface area contributed by atoms with Crippen molar-refractivity contribution in [3.63, 3.8) is 0 Å². The third-order valence-electron chi connectivity index (χ3n) is 5.24. The summed E-state index contributed by atoms with van der Waals surface area (Å²) in [4.78, 5) is 19.4. The summed E-state index contributed by atoms with van der Waals surface area (Å²) in [6.45, 7) is 0.224. The lowest BCUT2D eigenvalue weighted by atomic mass is 9.94. The van der Waals surface area contributed by atoms with Crippen molar-refractivity contribution in [1.82, 2.24) is 9.88 Å². The lowest BCUT2D eigenvalue weighted by Gasteiger charge is -2.34. The molecule has 5 heteroatoms. The number of aromatic nitrogens is 1. The minimum atomic E-state index is -1.52. The van der Waals surface area contributed by atoms with Gasteiger partial charge in [0.1, 0.15) is 5.01 Å². The Hall–Kier alpha value is -3.28. The first-order chi connectivity index (χ1) is 14.2. The van der Waals surface area contributed by atoms with Crippen LogP contribution >= 0.6 is 11.3 Å². The second kappa shape index (κ2) is 6.95. The van der Waals surface area contributed by atoms with E-state index in [2.05, 4.69) is 0 Å². The summed E-state index contributed by atoms with van der Waals surface area (Å²) in [5.74, 6) is -0.193. The van der Waals surface area contributed by atoms with E-state index >= 15 is 0 Å². The smallest absolute Gasteiger partial charge is 0.257 e. The molecule has 0 radical (unpaired) electrons. The molecule has 142 valence electrons. The molecule has 0 fully saturated rings. The van der Waals surface area contributed by atoms with Gasteiger partial charge in [0.05, 0.1) is 12.2 Å². The molecular weight excluding hydrogens is 380 g/mol. The summed E-state index contributed by atoms with van der Waals surface area (Å²) < 4.78 is 0. The summed E-state index contributed by atoms with van der Waals surface area (Å²) in [5, 5.41) is 14.7. The molecule has 0 saturated heterocycles. The van der Waals surface area contributed by atoms with Crippen LogP contribution in [-0.4, -0.2) is 20.9 Å². The van der Waals surface area contributed by atoms with E-state index in [4.69, 9.17) is 4.98 Å². The number of carbonyl (C=O) groups excluding carboxylic acids is 1. The number of nitrogens with zero attached hydrogens (tertiary/aromatic N) is 2. The maximum atomic E-state index is 13.2. The summed E-state index contributed by atoms with van der Waals surface area (Å²) >= 11 is 1.54. The van der Waals surface area contributed by atoms with Crippen LogP contribution in [0.3, 0.4) is 0 Å². The normalized spacial score (nSPS) is 18.1. The molecule has 29 heavy (non-hydrogen) atoms. The molecule has 5 rings (SSSR count). The minimum absolute atomic E-state index is 0.193. The largest absolute Gasteiger partial charge is 0.363 e. The number of hydrogen-bond acceptors (Lipinski definition) is 4. The van der Waals surface area contributed by atoms with Crippen molar-refractivity contribution in [3.05, 3.63) is 113 Å². The molecule has 4 nitrogen and oxygen atoms in total. The Balaban J connectivity index is 1.56. The second-order valence-electron chi connectivity index (χ2n) is 6.99. The molecule has 0 spiro atoms. The van der Waals surface area contributed by atoms with E-state index in [0.29, 0.717) is 16.7 Å². The van der Waals surface area contributed by atoms with Gasteiger partial charge in [-0.25, -0.2) is 4.98 Å². The van der Waals surface area contributed by atoms with Gasteiger partial charge in [0.2, 0.25) is 0 Å². The van der Waals surface area contributed by atoms with Crippen LogP contribution in [0.1, 0.15) is 27.2 Å². The van der Waals surface area contributed by atoms with Crippen molar-refractivity contribution in [2.75, 3.05) is 0 Å². The third-order valence-corrected chi connectivity index (χ3v) is 6.18. The molecule has 1 aliphatic rings. The molecule has 0 saturated carbocycles. The Kier molecular flexibility index (Phi) is 4.27. The zero-order valence-electron chi connectivity index (χ0n) is 15.5. The zero-order chi connectivity index (χ0) is 19.8. The predicted octanol–water partition coefficient (Wildman–Crippen LogP) is 4.66. The second-order valence-corrected chi connectivity index (χ2v) is 7.84. The lowest BCUT2D eigenvalue weighted by molar-refractivity contribution is -0.0547. The molecule has 0 aliphatic carbocycles. The Morgan fingerprint density at radius 3 is 2.31 bits per heavy atom. The molecule has 0 unspecified atom stereocenters. The average Bonchev–Trinajstić information content (AvgIpc) is 3.34. The number of thiazole rings is 1. The maximum absolute atomic E-state index is 13.2. The van der Waals surface area contributed by atoms with E-state index in [9.17, 15) is 9.90 Å². The Morgan fingerprint density at radius 2 is 1.55 bits per heavy atom. The molecule has 4 aromatic rings. The number of amides is 1. The molecule has 3 aromatic carbocycles. The van der Waals surface area contributed by atoms with Crippen molar-refractivity contribution in [1.29, 1.82) is 0 Å². The Labute approximate surface area is 172 Å². The van der Waals surface area contributed by atoms with Gasteiger partial charge in [0.15, 0.2) is 5.72 Å². The summed E-state index contributed by atoms with van der Waals surface area (Å²) in [5.41, 5.74) is 2.07. The van der Waals surface area contributed by atoms with Gasteiger partial charge in [-0.3, -0.25) is 9.69 Å². The molecular formula is C24H18N2O2S. The molecule has 1 N–H and O–H groups in total. The van der Waals surface area contributed by atoms with Crippen LogP contribution in [0.25, 0.3) is 10.6 Å². The first-order valence-electron chi connectivity index (χ1n) is 9.37. The molecule has 0 bridgehead atoms. The average molecular weight is 398 g/mol. The van der Waals surface area contributed by atoms with Gasteiger partial charge in [-0.2, -0.15) is 0 Å². The standard InChI is InChI=1S/C24H18N2O2S/c27-23-20-13-7-8-14-21(20)24(28,18-11-5-2-6-12-18)26(23)15-19-16-29-22(25-19)17-9-3-1-4-10-17/h1-14,16,28H,15H2/t24-/m1/s1. The summed E-state index contributed by atoms with van der Waals surface area (Å²) in [6, 6.07) is 26.5. The van der Waals surface area contributed by atoms with Crippen LogP contribution in [0.5, 0.6) is 0 Å². The minimum Gasteiger partial charge on any atom is -0.363 e. The van der Waals surface area contributed by atoms with Crippen LogP contribution in [0.4, 0.5) is 0 Å². The van der Waals surface area contributed by atoms with Crippen LogP contribution in [0.15, 0.2) is 90.3 Å². The van der Waals surface area contributed by atoms with Crippen molar-refractivity contribution in [3.8, 4) is 10.6 Å². The van der Waals surface area contributed by atoms with Gasteiger partial charge >= 0.3 is 0 Å². The Morgan fingerprint density at radius 1 is 0.897 bits per heavy atom. The lowest BCUT2D eigenvalue weighted by Crippen LogP contribution is -2.44. The highest BCUT2D eigenvalue weighted by Crippen LogP contribution is 2.43. The monoisotopic (exact) mass is 398 g/mol. The zero-order valence-corrected chi connectivity index (χ0v) is 16.3. The highest BCUT2D eigenvalue weighted by atomic mass is 32.1. The molecule has 1 amide bonds. The van der Waals surface area contributed by atoms with Crippen LogP contribution in [0, 0.1) is 0 Å². The number of fused-ring (bicyclic) bond motifs is 1. The first kappa shape index (κ1) is 17.8. The first-order valence-corrected chi connectivity index (χ1v) is 10.2. The van der Waals surface area contributed by atoms with Gasteiger partial charge in [0.25, 0.3) is 5.91 Å². The van der Waals surface area contributed by atoms with E-state index in [0.717, 1.165) is 16.3 Å². The number of aliphatic hydroxyl groups is 1. The van der Waals surface area contributed by atoms with E-state index in [1.54, 1.807) is 6.07 Å². The fraction of sp³-hybridized carbons (Fsp3) is 0.0833. The van der Waals surface area contributed by atoms with Crippen LogP contribution < -0.4 is 0 Å². The predicted molar refractivity (Wildman–Crippen MR) is 113 cm³/mol. The van der Waals surface area contributed by atoms with Crippen molar-refractivity contribution < 1.29 is 9.90 Å². The van der Waals surface area contributed by atoms with Crippen molar-refractivity contribution >= 4 is 17.2 Å². The highest BCUT2D eigenvalue weighted by Gasteiger charge is 2.49. The number of hydrogen-bond donors (Lipinski definition) is 1. The third kappa shape index (κ3) is 2.87. The molecule has 1 atom stereocenters. The topological polar surface area (TPSA) is 53.4 Å². The number of carbonyl (C=O) groups is 1. The van der Waals surface area contributed by atoms with E-state index in [1.165, 1.54) is 16.2 Å². The van der Waals surface area contributed by atoms with Crippen molar-refractivity contribution in [2.24, 2.45) is 0 Å². The van der Waals surface area contributed by atoms with Crippen LogP contribution in [-0.2, 0) is 12.3 Å². The van der Waals surface area contributed by atoms with E-state index in [-0.39, 0.29) is 12.5 Å². The van der Waals surface area contributed by atoms with Gasteiger partial charge in [-0.1, -0.05) is 78.9 Å². The van der Waals surface area contributed by atoms with E-state index in [1.807, 2.05) is 84.2 Å². The number of benzene rings is 3. The SMILES string of the molecule is O=C1c2ccccc2[C@](O)(c2ccccc2)N1Cc1csc(-c2ccccc2)n1. The highest BCUT2D eigenvalue weighted by molar-refractivity contribution is 7.13. The van der Waals surface area contributed by atoms with Gasteiger partial charge < -0.3 is 5.11 Å². The molecule has 2 heterocycles. The van der Waals surface area contributed by atoms with Gasteiger partial charge in [-0.05, 0) is 6.07 Å².